The van der Waals surface area contributed by atoms with Crippen molar-refractivity contribution >= 4 is 38.4 Å². The summed E-state index contributed by atoms with van der Waals surface area (Å²) in [5.41, 5.74) is 3.27. The van der Waals surface area contributed by atoms with Gasteiger partial charge >= 0.3 is 17.0 Å². The predicted molar refractivity (Wildman–Crippen MR) is 163 cm³/mol. The Morgan fingerprint density at radius 3 is 2.52 bits per heavy atom. The Labute approximate surface area is 254 Å². The lowest BCUT2D eigenvalue weighted by Gasteiger charge is -2.28. The van der Waals surface area contributed by atoms with Gasteiger partial charge in [-0.15, -0.1) is 0 Å². The van der Waals surface area contributed by atoms with Crippen LogP contribution in [0.4, 0.5) is 13.2 Å². The van der Waals surface area contributed by atoms with Crippen molar-refractivity contribution in [1.29, 1.82) is 0 Å². The zero-order valence-electron chi connectivity index (χ0n) is 24.4. The van der Waals surface area contributed by atoms with Crippen LogP contribution in [-0.2, 0) is 28.7 Å². The molecule has 1 aliphatic heterocycles. The zero-order chi connectivity index (χ0) is 31.6. The highest BCUT2D eigenvalue weighted by molar-refractivity contribution is 7.17. The lowest BCUT2D eigenvalue weighted by atomic mass is 9.89. The summed E-state index contributed by atoms with van der Waals surface area (Å²) in [6.45, 7) is 7.66. The fourth-order valence-corrected chi connectivity index (χ4v) is 6.81. The molecule has 1 unspecified atom stereocenters. The molecule has 3 heterocycles. The standard InChI is InChI=1S/C33H29F3N2O5S/c1-17-15-22-29(44-31(41)38(22)16-18-5-7-20(8-6-18)33(34,35)36)26(24(17)28(30(39)40)43-32(2,3)4)21-9-10-23-25-19(12-14-42-23)11-13-37-27(21)25/h5-11,13,15,28H,12,14,16H2,1-4H3,(H,39,40). The van der Waals surface area contributed by atoms with E-state index in [2.05, 4.69) is 0 Å². The summed E-state index contributed by atoms with van der Waals surface area (Å²) in [6.07, 6.45) is -3.44. The number of pyridine rings is 1. The molecule has 0 radical (unpaired) electrons. The average Bonchev–Trinajstić information content (AvgIpc) is 3.25. The first-order chi connectivity index (χ1) is 20.7. The first-order valence-electron chi connectivity index (χ1n) is 14.0. The van der Waals surface area contributed by atoms with E-state index in [1.165, 1.54) is 16.7 Å². The van der Waals surface area contributed by atoms with Gasteiger partial charge in [0.2, 0.25) is 0 Å². The topological polar surface area (TPSA) is 90.7 Å². The fourth-order valence-electron chi connectivity index (χ4n) is 5.77. The number of carbonyl (C=O) groups is 1. The molecule has 0 fully saturated rings. The second kappa shape index (κ2) is 10.7. The number of hydrogen-bond acceptors (Lipinski definition) is 6. The maximum absolute atomic E-state index is 13.6. The van der Waals surface area contributed by atoms with Crippen molar-refractivity contribution in [3.05, 3.63) is 92.2 Å². The molecule has 3 aromatic carbocycles. The second-order valence-electron chi connectivity index (χ2n) is 11.8. The van der Waals surface area contributed by atoms with Crippen molar-refractivity contribution in [2.75, 3.05) is 6.61 Å². The molecule has 1 atom stereocenters. The number of rotatable bonds is 6. The number of halogens is 3. The largest absolute Gasteiger partial charge is 0.493 e. The van der Waals surface area contributed by atoms with Crippen LogP contribution >= 0.6 is 11.3 Å². The molecule has 1 aliphatic rings. The van der Waals surface area contributed by atoms with Crippen molar-refractivity contribution in [3.63, 3.8) is 0 Å². The Balaban J connectivity index is 1.63. The van der Waals surface area contributed by atoms with Gasteiger partial charge in [0.05, 0.1) is 40.0 Å². The molecule has 228 valence electrons. The highest BCUT2D eigenvalue weighted by atomic mass is 32.1. The van der Waals surface area contributed by atoms with Crippen molar-refractivity contribution in [2.24, 2.45) is 0 Å². The number of carboxylic acid groups (broad SMARTS) is 1. The number of nitrogens with zero attached hydrogens (tertiary/aromatic N) is 2. The summed E-state index contributed by atoms with van der Waals surface area (Å²) in [5.74, 6) is -0.503. The summed E-state index contributed by atoms with van der Waals surface area (Å²) in [5, 5.41) is 11.3. The number of benzene rings is 3. The molecule has 11 heteroatoms. The molecule has 0 spiro atoms. The van der Waals surface area contributed by atoms with Gasteiger partial charge in [0, 0.05) is 34.7 Å². The molecule has 0 amide bonds. The number of alkyl halides is 3. The fraction of sp³-hybridized carbons (Fsp3) is 0.303. The van der Waals surface area contributed by atoms with E-state index in [9.17, 15) is 27.9 Å². The van der Waals surface area contributed by atoms with Crippen LogP contribution in [0.25, 0.3) is 32.2 Å². The number of aliphatic carboxylic acids is 1. The molecule has 0 bridgehead atoms. The third-order valence-corrected chi connectivity index (χ3v) is 8.64. The van der Waals surface area contributed by atoms with E-state index in [1.807, 2.05) is 18.2 Å². The predicted octanol–water partition coefficient (Wildman–Crippen LogP) is 7.53. The first-order valence-corrected chi connectivity index (χ1v) is 14.8. The van der Waals surface area contributed by atoms with Gasteiger partial charge in [0.15, 0.2) is 6.10 Å². The molecule has 6 rings (SSSR count). The van der Waals surface area contributed by atoms with Crippen LogP contribution in [0.15, 0.2) is 59.5 Å². The quantitative estimate of drug-likeness (QED) is 0.211. The van der Waals surface area contributed by atoms with Crippen LogP contribution in [0.2, 0.25) is 0 Å². The van der Waals surface area contributed by atoms with E-state index in [0.717, 1.165) is 34.4 Å². The minimum atomic E-state index is -4.47. The van der Waals surface area contributed by atoms with Crippen molar-refractivity contribution < 1.29 is 32.5 Å². The molecule has 0 saturated heterocycles. The highest BCUT2D eigenvalue weighted by Gasteiger charge is 2.34. The Hall–Kier alpha value is -4.22. The third kappa shape index (κ3) is 5.35. The van der Waals surface area contributed by atoms with Gasteiger partial charge in [-0.3, -0.25) is 14.3 Å². The second-order valence-corrected chi connectivity index (χ2v) is 12.8. The normalized spacial score (nSPS) is 14.2. The van der Waals surface area contributed by atoms with Crippen LogP contribution in [0.5, 0.6) is 5.75 Å². The minimum Gasteiger partial charge on any atom is -0.493 e. The maximum Gasteiger partial charge on any atom is 0.416 e. The molecule has 44 heavy (non-hydrogen) atoms. The molecule has 0 saturated carbocycles. The van der Waals surface area contributed by atoms with Crippen molar-refractivity contribution in [3.8, 4) is 16.9 Å². The van der Waals surface area contributed by atoms with Crippen molar-refractivity contribution in [1.82, 2.24) is 9.55 Å². The van der Waals surface area contributed by atoms with Crippen LogP contribution in [0, 0.1) is 6.92 Å². The number of aromatic nitrogens is 2. The summed E-state index contributed by atoms with van der Waals surface area (Å²) in [4.78, 5) is 30.7. The summed E-state index contributed by atoms with van der Waals surface area (Å²) in [6, 6.07) is 12.1. The average molecular weight is 623 g/mol. The molecule has 0 aliphatic carbocycles. The summed E-state index contributed by atoms with van der Waals surface area (Å²) >= 11 is 0.953. The molecular formula is C33H29F3N2O5S. The van der Waals surface area contributed by atoms with E-state index in [0.29, 0.717) is 62.3 Å². The molecule has 7 nitrogen and oxygen atoms in total. The number of ether oxygens (including phenoxy) is 2. The Kier molecular flexibility index (Phi) is 7.28. The van der Waals surface area contributed by atoms with Crippen molar-refractivity contribution in [2.45, 2.75) is 58.5 Å². The van der Waals surface area contributed by atoms with Gasteiger partial charge in [-0.1, -0.05) is 23.5 Å². The Morgan fingerprint density at radius 1 is 1.14 bits per heavy atom. The maximum atomic E-state index is 13.6. The molecular weight excluding hydrogens is 593 g/mol. The van der Waals surface area contributed by atoms with E-state index in [4.69, 9.17) is 14.5 Å². The van der Waals surface area contributed by atoms with Gasteiger partial charge in [0.1, 0.15) is 5.75 Å². The molecule has 5 aromatic rings. The van der Waals surface area contributed by atoms with E-state index in [1.54, 1.807) is 40.0 Å². The van der Waals surface area contributed by atoms with E-state index in [-0.39, 0.29) is 11.4 Å². The van der Waals surface area contributed by atoms with Gasteiger partial charge in [0.25, 0.3) is 0 Å². The number of carboxylic acids is 1. The van der Waals surface area contributed by atoms with Crippen LogP contribution in [-0.4, -0.2) is 32.8 Å². The Bertz CT molecular complexity index is 1980. The Morgan fingerprint density at radius 2 is 1.86 bits per heavy atom. The van der Waals surface area contributed by atoms with Gasteiger partial charge in [-0.05, 0) is 80.8 Å². The van der Waals surface area contributed by atoms with Gasteiger partial charge < -0.3 is 14.6 Å². The number of fused-ring (bicyclic) bond motifs is 1. The van der Waals surface area contributed by atoms with Crippen LogP contribution in [0.1, 0.15) is 54.7 Å². The number of hydrogen-bond donors (Lipinski definition) is 1. The summed E-state index contributed by atoms with van der Waals surface area (Å²) < 4.78 is 53.5. The first kappa shape index (κ1) is 29.8. The monoisotopic (exact) mass is 622 g/mol. The summed E-state index contributed by atoms with van der Waals surface area (Å²) in [7, 11) is 0. The zero-order valence-corrected chi connectivity index (χ0v) is 25.2. The molecule has 1 N–H and O–H groups in total. The molecule has 2 aromatic heterocycles. The lowest BCUT2D eigenvalue weighted by Crippen LogP contribution is -2.28. The van der Waals surface area contributed by atoms with Crippen LogP contribution < -0.4 is 9.61 Å². The van der Waals surface area contributed by atoms with E-state index < -0.39 is 29.4 Å². The number of thiazole rings is 1. The lowest BCUT2D eigenvalue weighted by molar-refractivity contribution is -0.160. The minimum absolute atomic E-state index is 0.0337. The smallest absolute Gasteiger partial charge is 0.416 e. The third-order valence-electron chi connectivity index (χ3n) is 7.63. The highest BCUT2D eigenvalue weighted by Crippen LogP contribution is 2.46. The SMILES string of the molecule is Cc1cc2c(sc(=O)n2Cc2ccc(C(F)(F)F)cc2)c(-c2ccc3c4c(ccnc24)CCO3)c1C(OC(C)(C)C)C(=O)O. The van der Waals surface area contributed by atoms with Gasteiger partial charge in [-0.25, -0.2) is 4.79 Å². The van der Waals surface area contributed by atoms with Gasteiger partial charge in [-0.2, -0.15) is 13.2 Å². The number of aryl methyl sites for hydroxylation is 1. The van der Waals surface area contributed by atoms with Crippen LogP contribution in [0.3, 0.4) is 0 Å². The van der Waals surface area contributed by atoms with E-state index >= 15 is 0 Å².